The van der Waals surface area contributed by atoms with Crippen molar-refractivity contribution >= 4 is 5.91 Å². The molecule has 1 amide bonds. The maximum Gasteiger partial charge on any atom is 0.228 e. The molecule has 0 bridgehead atoms. The third-order valence-electron chi connectivity index (χ3n) is 6.22. The van der Waals surface area contributed by atoms with E-state index in [9.17, 15) is 13.6 Å². The monoisotopic (exact) mass is 499 g/mol. The summed E-state index contributed by atoms with van der Waals surface area (Å²) in [4.78, 5) is 14.6. The van der Waals surface area contributed by atoms with Crippen molar-refractivity contribution in [2.45, 2.75) is 52.2 Å². The van der Waals surface area contributed by atoms with Gasteiger partial charge in [0.15, 0.2) is 11.6 Å². The SMILES string of the molecule is CCC(=O)N(Cc1c(CC)nn(-c2ccc(OC)cc2)c1Oc1ccc(F)cc1F)C[C@H]1CCCO1. The number of amides is 1. The fraction of sp³-hybridized carbons (Fsp3) is 0.407. The molecule has 2 heterocycles. The first-order chi connectivity index (χ1) is 17.4. The van der Waals surface area contributed by atoms with Gasteiger partial charge in [-0.05, 0) is 55.7 Å². The second kappa shape index (κ2) is 11.5. The highest BCUT2D eigenvalue weighted by atomic mass is 19.1. The summed E-state index contributed by atoms with van der Waals surface area (Å²) in [7, 11) is 1.58. The van der Waals surface area contributed by atoms with Crippen LogP contribution in [0.5, 0.6) is 17.4 Å². The minimum atomic E-state index is -0.831. The minimum absolute atomic E-state index is 0.0244. The van der Waals surface area contributed by atoms with Crippen molar-refractivity contribution in [3.8, 4) is 23.1 Å². The summed E-state index contributed by atoms with van der Waals surface area (Å²) in [5, 5.41) is 4.75. The highest BCUT2D eigenvalue weighted by Gasteiger charge is 2.27. The van der Waals surface area contributed by atoms with E-state index in [0.29, 0.717) is 48.7 Å². The Balaban J connectivity index is 1.78. The van der Waals surface area contributed by atoms with E-state index < -0.39 is 11.6 Å². The van der Waals surface area contributed by atoms with E-state index in [1.807, 2.05) is 26.0 Å². The van der Waals surface area contributed by atoms with Crippen LogP contribution in [0.2, 0.25) is 0 Å². The molecule has 0 radical (unpaired) electrons. The van der Waals surface area contributed by atoms with Crippen LogP contribution in [0.4, 0.5) is 8.78 Å². The standard InChI is InChI=1S/C27H31F2N3O4/c1-4-24-22(17-31(26(33)5-2)16-21-7-6-14-35-21)27(36-25-13-8-18(28)15-23(25)29)32(30-24)19-9-11-20(34-3)12-10-19/h8-13,15,21H,4-7,14,16-17H2,1-3H3/t21-/m1/s1. The number of halogens is 2. The molecule has 0 unspecified atom stereocenters. The summed E-state index contributed by atoms with van der Waals surface area (Å²) in [6.45, 7) is 5.14. The van der Waals surface area contributed by atoms with E-state index in [2.05, 4.69) is 0 Å². The molecule has 0 aliphatic carbocycles. The number of hydrogen-bond donors (Lipinski definition) is 0. The predicted octanol–water partition coefficient (Wildman–Crippen LogP) is 5.43. The molecule has 1 fully saturated rings. The summed E-state index contributed by atoms with van der Waals surface area (Å²) in [6, 6.07) is 10.3. The van der Waals surface area contributed by atoms with Gasteiger partial charge in [-0.3, -0.25) is 4.79 Å². The molecule has 7 nitrogen and oxygen atoms in total. The van der Waals surface area contributed by atoms with E-state index in [4.69, 9.17) is 19.3 Å². The number of aromatic nitrogens is 2. The van der Waals surface area contributed by atoms with Crippen LogP contribution in [0.25, 0.3) is 5.69 Å². The number of hydrogen-bond acceptors (Lipinski definition) is 5. The van der Waals surface area contributed by atoms with E-state index in [-0.39, 0.29) is 30.2 Å². The van der Waals surface area contributed by atoms with Gasteiger partial charge in [0, 0.05) is 25.6 Å². The Morgan fingerprint density at radius 3 is 2.58 bits per heavy atom. The van der Waals surface area contributed by atoms with Crippen LogP contribution in [-0.2, 0) is 22.5 Å². The lowest BCUT2D eigenvalue weighted by molar-refractivity contribution is -0.133. The van der Waals surface area contributed by atoms with Gasteiger partial charge in [0.2, 0.25) is 11.8 Å². The second-order valence-electron chi connectivity index (χ2n) is 8.63. The number of ether oxygens (including phenoxy) is 3. The zero-order valence-electron chi connectivity index (χ0n) is 20.8. The summed E-state index contributed by atoms with van der Waals surface area (Å²) in [5.74, 6) is -0.753. The Labute approximate surface area is 209 Å². The molecule has 0 N–H and O–H groups in total. The Hall–Kier alpha value is -3.46. The van der Waals surface area contributed by atoms with Crippen molar-refractivity contribution in [3.05, 3.63) is 65.4 Å². The first-order valence-electron chi connectivity index (χ1n) is 12.2. The quantitative estimate of drug-likeness (QED) is 0.372. The minimum Gasteiger partial charge on any atom is -0.497 e. The molecule has 2 aromatic carbocycles. The third kappa shape index (κ3) is 5.67. The molecular formula is C27H31F2N3O4. The lowest BCUT2D eigenvalue weighted by Gasteiger charge is -2.25. The van der Waals surface area contributed by atoms with Gasteiger partial charge in [-0.15, -0.1) is 0 Å². The molecule has 1 aliphatic rings. The molecule has 9 heteroatoms. The Kier molecular flexibility index (Phi) is 8.20. The number of carbonyl (C=O) groups excluding carboxylic acids is 1. The van der Waals surface area contributed by atoms with Crippen molar-refractivity contribution in [3.63, 3.8) is 0 Å². The van der Waals surface area contributed by atoms with E-state index in [1.54, 1.807) is 28.8 Å². The number of rotatable bonds is 10. The first-order valence-corrected chi connectivity index (χ1v) is 12.2. The van der Waals surface area contributed by atoms with Crippen LogP contribution in [-0.4, -0.2) is 47.0 Å². The van der Waals surface area contributed by atoms with Crippen molar-refractivity contribution in [2.75, 3.05) is 20.3 Å². The lowest BCUT2D eigenvalue weighted by atomic mass is 10.1. The maximum absolute atomic E-state index is 14.6. The average molecular weight is 500 g/mol. The number of nitrogens with zero attached hydrogens (tertiary/aromatic N) is 3. The molecule has 0 spiro atoms. The van der Waals surface area contributed by atoms with Gasteiger partial charge in [0.1, 0.15) is 11.6 Å². The summed E-state index contributed by atoms with van der Waals surface area (Å²) in [5.41, 5.74) is 2.04. The van der Waals surface area contributed by atoms with Gasteiger partial charge in [-0.2, -0.15) is 5.10 Å². The lowest BCUT2D eigenvalue weighted by Crippen LogP contribution is -2.36. The Morgan fingerprint density at radius 2 is 1.97 bits per heavy atom. The van der Waals surface area contributed by atoms with Gasteiger partial charge in [-0.25, -0.2) is 13.5 Å². The third-order valence-corrected chi connectivity index (χ3v) is 6.22. The van der Waals surface area contributed by atoms with Gasteiger partial charge in [0.05, 0.1) is 36.7 Å². The Morgan fingerprint density at radius 1 is 1.19 bits per heavy atom. The molecule has 1 saturated heterocycles. The zero-order valence-corrected chi connectivity index (χ0v) is 20.8. The normalized spacial score (nSPS) is 15.2. The van der Waals surface area contributed by atoms with Crippen molar-refractivity contribution in [2.24, 2.45) is 0 Å². The number of carbonyl (C=O) groups is 1. The van der Waals surface area contributed by atoms with E-state index in [0.717, 1.165) is 25.0 Å². The fourth-order valence-electron chi connectivity index (χ4n) is 4.29. The second-order valence-corrected chi connectivity index (χ2v) is 8.63. The Bertz CT molecular complexity index is 1190. The molecule has 0 saturated carbocycles. The fourth-order valence-corrected chi connectivity index (χ4v) is 4.29. The average Bonchev–Trinajstić information content (AvgIpc) is 3.53. The van der Waals surface area contributed by atoms with E-state index >= 15 is 0 Å². The van der Waals surface area contributed by atoms with Crippen molar-refractivity contribution < 1.29 is 27.8 Å². The topological polar surface area (TPSA) is 65.8 Å². The number of methoxy groups -OCH3 is 1. The molecule has 192 valence electrons. The summed E-state index contributed by atoms with van der Waals surface area (Å²) >= 11 is 0. The molecule has 36 heavy (non-hydrogen) atoms. The molecule has 1 atom stereocenters. The number of benzene rings is 2. The zero-order chi connectivity index (χ0) is 25.7. The van der Waals surface area contributed by atoms with Crippen LogP contribution >= 0.6 is 0 Å². The molecule has 4 rings (SSSR count). The molecular weight excluding hydrogens is 468 g/mol. The summed E-state index contributed by atoms with van der Waals surface area (Å²) < 4.78 is 46.8. The highest BCUT2D eigenvalue weighted by Crippen LogP contribution is 2.34. The number of aryl methyl sites for hydroxylation is 1. The van der Waals surface area contributed by atoms with E-state index in [1.165, 1.54) is 6.07 Å². The van der Waals surface area contributed by atoms with Gasteiger partial charge < -0.3 is 19.1 Å². The molecule has 3 aromatic rings. The smallest absolute Gasteiger partial charge is 0.228 e. The highest BCUT2D eigenvalue weighted by molar-refractivity contribution is 5.76. The van der Waals surface area contributed by atoms with Gasteiger partial charge in [0.25, 0.3) is 0 Å². The molecule has 1 aromatic heterocycles. The van der Waals surface area contributed by atoms with Crippen LogP contribution in [0.15, 0.2) is 42.5 Å². The van der Waals surface area contributed by atoms with Gasteiger partial charge in [-0.1, -0.05) is 13.8 Å². The largest absolute Gasteiger partial charge is 0.497 e. The van der Waals surface area contributed by atoms with Crippen molar-refractivity contribution in [1.29, 1.82) is 0 Å². The molecule has 1 aliphatic heterocycles. The van der Waals surface area contributed by atoms with Gasteiger partial charge >= 0.3 is 0 Å². The van der Waals surface area contributed by atoms with Crippen molar-refractivity contribution in [1.82, 2.24) is 14.7 Å². The van der Waals surface area contributed by atoms with Crippen LogP contribution < -0.4 is 9.47 Å². The van der Waals surface area contributed by atoms with Crippen LogP contribution in [0.3, 0.4) is 0 Å². The van der Waals surface area contributed by atoms with Crippen LogP contribution in [0.1, 0.15) is 44.4 Å². The maximum atomic E-state index is 14.6. The predicted molar refractivity (Wildman–Crippen MR) is 131 cm³/mol. The van der Waals surface area contributed by atoms with Crippen LogP contribution in [0, 0.1) is 11.6 Å². The first kappa shape index (κ1) is 25.6. The summed E-state index contributed by atoms with van der Waals surface area (Å²) in [6.07, 6.45) is 2.73.